The highest BCUT2D eigenvalue weighted by molar-refractivity contribution is 5.68. The Balaban J connectivity index is 3.74. The maximum absolute atomic E-state index is 10.9. The van der Waals surface area contributed by atoms with Gasteiger partial charge >= 0.3 is 5.97 Å². The van der Waals surface area contributed by atoms with Gasteiger partial charge in [0, 0.05) is 6.42 Å². The molecule has 0 unspecified atom stereocenters. The van der Waals surface area contributed by atoms with Crippen LogP contribution in [0.1, 0.15) is 45.4 Å². The van der Waals surface area contributed by atoms with E-state index in [9.17, 15) is 15.0 Å². The van der Waals surface area contributed by atoms with Crippen LogP contribution in [0.25, 0.3) is 0 Å². The van der Waals surface area contributed by atoms with Crippen molar-refractivity contribution in [3.63, 3.8) is 0 Å². The molecule has 4 heteroatoms. The quantitative estimate of drug-likeness (QED) is 0.300. The van der Waals surface area contributed by atoms with Crippen LogP contribution in [0.2, 0.25) is 0 Å². The van der Waals surface area contributed by atoms with Gasteiger partial charge in [0.25, 0.3) is 0 Å². The zero-order valence-corrected chi connectivity index (χ0v) is 15.4. The lowest BCUT2D eigenvalue weighted by Crippen LogP contribution is -2.05. The van der Waals surface area contributed by atoms with Crippen LogP contribution in [0.5, 0.6) is 0 Å². The third-order valence-corrected chi connectivity index (χ3v) is 3.40. The largest absolute Gasteiger partial charge is 0.469 e. The number of aliphatic hydroxyl groups excluding tert-OH is 2. The summed E-state index contributed by atoms with van der Waals surface area (Å²) in [4.78, 5) is 10.9. The molecule has 0 aliphatic rings. The molecule has 0 heterocycles. The lowest BCUT2D eigenvalue weighted by molar-refractivity contribution is -0.140. The van der Waals surface area contributed by atoms with Crippen molar-refractivity contribution in [3.8, 4) is 0 Å². The van der Waals surface area contributed by atoms with Gasteiger partial charge in [0.1, 0.15) is 0 Å². The molecule has 0 aromatic rings. The van der Waals surface area contributed by atoms with Crippen molar-refractivity contribution in [2.24, 2.45) is 0 Å². The predicted molar refractivity (Wildman–Crippen MR) is 103 cm³/mol. The second-order valence-electron chi connectivity index (χ2n) is 5.58. The van der Waals surface area contributed by atoms with Gasteiger partial charge in [0.2, 0.25) is 0 Å². The SMILES string of the molecule is CC[C@@H](O)/C=C/C=C\C/C=C\C/C=C\C=C\[C@@H](O)CCCC(=O)OC. The maximum atomic E-state index is 10.9. The van der Waals surface area contributed by atoms with Crippen LogP contribution >= 0.6 is 0 Å². The number of allylic oxidation sites excluding steroid dienone is 8. The van der Waals surface area contributed by atoms with Gasteiger partial charge < -0.3 is 14.9 Å². The molecule has 0 fully saturated rings. The van der Waals surface area contributed by atoms with E-state index in [1.54, 1.807) is 12.2 Å². The van der Waals surface area contributed by atoms with Gasteiger partial charge in [-0.1, -0.05) is 67.7 Å². The molecule has 0 bridgehead atoms. The summed E-state index contributed by atoms with van der Waals surface area (Å²) in [7, 11) is 1.37. The lowest BCUT2D eigenvalue weighted by Gasteiger charge is -2.03. The second-order valence-corrected chi connectivity index (χ2v) is 5.58. The molecule has 0 saturated heterocycles. The van der Waals surface area contributed by atoms with E-state index in [0.717, 1.165) is 19.3 Å². The zero-order valence-electron chi connectivity index (χ0n) is 15.4. The van der Waals surface area contributed by atoms with Gasteiger partial charge in [-0.2, -0.15) is 0 Å². The summed E-state index contributed by atoms with van der Waals surface area (Å²) in [6.07, 6.45) is 22.2. The van der Waals surface area contributed by atoms with E-state index < -0.39 is 6.10 Å². The average molecular weight is 348 g/mol. The summed E-state index contributed by atoms with van der Waals surface area (Å²) in [6.45, 7) is 1.94. The Morgan fingerprint density at radius 1 is 0.920 bits per heavy atom. The van der Waals surface area contributed by atoms with E-state index >= 15 is 0 Å². The van der Waals surface area contributed by atoms with Crippen molar-refractivity contribution in [2.45, 2.75) is 57.7 Å². The summed E-state index contributed by atoms with van der Waals surface area (Å²) in [5.41, 5.74) is 0. The number of hydrogen-bond acceptors (Lipinski definition) is 4. The highest BCUT2D eigenvalue weighted by atomic mass is 16.5. The van der Waals surface area contributed by atoms with E-state index in [0.29, 0.717) is 19.3 Å². The van der Waals surface area contributed by atoms with Crippen molar-refractivity contribution in [1.82, 2.24) is 0 Å². The number of hydrogen-bond donors (Lipinski definition) is 2. The second kappa shape index (κ2) is 16.9. The first-order chi connectivity index (χ1) is 12.1. The van der Waals surface area contributed by atoms with Crippen LogP contribution < -0.4 is 0 Å². The van der Waals surface area contributed by atoms with Gasteiger partial charge in [-0.15, -0.1) is 0 Å². The highest BCUT2D eigenvalue weighted by Crippen LogP contribution is 2.03. The van der Waals surface area contributed by atoms with Crippen LogP contribution in [0, 0.1) is 0 Å². The van der Waals surface area contributed by atoms with Crippen molar-refractivity contribution >= 4 is 5.97 Å². The molecular formula is C21H32O4. The van der Waals surface area contributed by atoms with Crippen molar-refractivity contribution in [2.75, 3.05) is 7.11 Å². The first-order valence-electron chi connectivity index (χ1n) is 8.84. The van der Waals surface area contributed by atoms with Crippen molar-refractivity contribution in [1.29, 1.82) is 0 Å². The molecule has 2 N–H and O–H groups in total. The Kier molecular flexibility index (Phi) is 15.6. The van der Waals surface area contributed by atoms with Crippen LogP contribution in [0.3, 0.4) is 0 Å². The summed E-state index contributed by atoms with van der Waals surface area (Å²) < 4.78 is 4.54. The Labute approximate surface area is 151 Å². The van der Waals surface area contributed by atoms with E-state index in [1.807, 2.05) is 43.4 Å². The fourth-order valence-corrected chi connectivity index (χ4v) is 1.84. The monoisotopic (exact) mass is 348 g/mol. The van der Waals surface area contributed by atoms with Gasteiger partial charge in [-0.05, 0) is 32.1 Å². The first-order valence-corrected chi connectivity index (χ1v) is 8.84. The molecular weight excluding hydrogens is 316 g/mol. The number of esters is 1. The Bertz CT molecular complexity index is 472. The third-order valence-electron chi connectivity index (χ3n) is 3.40. The van der Waals surface area contributed by atoms with Gasteiger partial charge in [-0.3, -0.25) is 4.79 Å². The van der Waals surface area contributed by atoms with Crippen LogP contribution in [-0.4, -0.2) is 35.5 Å². The molecule has 0 aliphatic carbocycles. The molecule has 0 amide bonds. The van der Waals surface area contributed by atoms with E-state index in [1.165, 1.54) is 7.11 Å². The van der Waals surface area contributed by atoms with Crippen molar-refractivity contribution < 1.29 is 19.7 Å². The number of ether oxygens (including phenoxy) is 1. The summed E-state index contributed by atoms with van der Waals surface area (Å²) >= 11 is 0. The molecule has 0 aromatic carbocycles. The molecule has 0 radical (unpaired) electrons. The fraction of sp³-hybridized carbons (Fsp3) is 0.476. The zero-order chi connectivity index (χ0) is 18.8. The molecule has 140 valence electrons. The normalized spacial score (nSPS) is 15.2. The van der Waals surface area contributed by atoms with E-state index in [2.05, 4.69) is 16.9 Å². The predicted octanol–water partition coefficient (Wildman–Crippen LogP) is 4.02. The van der Waals surface area contributed by atoms with E-state index in [4.69, 9.17) is 0 Å². The standard InChI is InChI=1S/C21H32O4/c1-3-19(22)15-12-10-8-6-4-5-7-9-11-13-16-20(23)17-14-18-21(24)25-2/h4-5,8-13,15-16,19-20,22-23H,3,6-7,14,17-18H2,1-2H3/b5-4-,10-8-,11-9-,15-12+,16-13+/t19-,20-/m1/s1. The molecule has 0 rings (SSSR count). The highest BCUT2D eigenvalue weighted by Gasteiger charge is 2.02. The maximum Gasteiger partial charge on any atom is 0.305 e. The van der Waals surface area contributed by atoms with Crippen LogP contribution in [0.4, 0.5) is 0 Å². The molecule has 2 atom stereocenters. The third kappa shape index (κ3) is 16.7. The van der Waals surface area contributed by atoms with Gasteiger partial charge in [0.05, 0.1) is 19.3 Å². The number of carbonyl (C=O) groups excluding carboxylic acids is 1. The fourth-order valence-electron chi connectivity index (χ4n) is 1.84. The smallest absolute Gasteiger partial charge is 0.305 e. The minimum absolute atomic E-state index is 0.243. The molecule has 0 spiro atoms. The Morgan fingerprint density at radius 3 is 2.00 bits per heavy atom. The summed E-state index contributed by atoms with van der Waals surface area (Å²) in [5, 5.41) is 19.0. The molecule has 0 aromatic heterocycles. The van der Waals surface area contributed by atoms with Gasteiger partial charge in [0.15, 0.2) is 0 Å². The Morgan fingerprint density at radius 2 is 1.48 bits per heavy atom. The Hall–Kier alpha value is -1.91. The average Bonchev–Trinajstić information content (AvgIpc) is 2.62. The number of carbonyl (C=O) groups is 1. The number of rotatable bonds is 13. The minimum Gasteiger partial charge on any atom is -0.469 e. The number of methoxy groups -OCH3 is 1. The van der Waals surface area contributed by atoms with Crippen LogP contribution in [-0.2, 0) is 9.53 Å². The molecule has 0 aliphatic heterocycles. The summed E-state index contributed by atoms with van der Waals surface area (Å²) in [6, 6.07) is 0. The minimum atomic E-state index is -0.533. The topological polar surface area (TPSA) is 66.8 Å². The lowest BCUT2D eigenvalue weighted by atomic mass is 10.1. The van der Waals surface area contributed by atoms with Gasteiger partial charge in [-0.25, -0.2) is 0 Å². The number of aliphatic hydroxyl groups is 2. The summed E-state index contributed by atoms with van der Waals surface area (Å²) in [5.74, 6) is -0.243. The van der Waals surface area contributed by atoms with Crippen LogP contribution in [0.15, 0.2) is 60.8 Å². The molecule has 4 nitrogen and oxygen atoms in total. The first kappa shape index (κ1) is 23.1. The van der Waals surface area contributed by atoms with E-state index in [-0.39, 0.29) is 12.1 Å². The van der Waals surface area contributed by atoms with Crippen molar-refractivity contribution in [3.05, 3.63) is 60.8 Å². The molecule has 0 saturated carbocycles. The molecule has 25 heavy (non-hydrogen) atoms.